The van der Waals surface area contributed by atoms with Crippen molar-refractivity contribution in [3.63, 3.8) is 0 Å². The first-order valence-corrected chi connectivity index (χ1v) is 8.57. The highest BCUT2D eigenvalue weighted by molar-refractivity contribution is 4.83. The molecule has 0 saturated carbocycles. The fourth-order valence-electron chi connectivity index (χ4n) is 3.78. The topological polar surface area (TPSA) is 39.5 Å². The van der Waals surface area contributed by atoms with E-state index in [4.69, 9.17) is 10.00 Å². The van der Waals surface area contributed by atoms with Crippen LogP contribution < -0.4 is 0 Å². The summed E-state index contributed by atoms with van der Waals surface area (Å²) in [6, 6.07) is 2.72. The van der Waals surface area contributed by atoms with Gasteiger partial charge >= 0.3 is 0 Å². The first kappa shape index (κ1) is 16.7. The van der Waals surface area contributed by atoms with E-state index in [0.29, 0.717) is 24.7 Å². The maximum Gasteiger partial charge on any atom is 0.0678 e. The molecule has 0 spiro atoms. The van der Waals surface area contributed by atoms with Crippen LogP contribution in [0.3, 0.4) is 0 Å². The molecule has 0 radical (unpaired) electrons. The second kappa shape index (κ2) is 8.12. The molecule has 0 aromatic heterocycles. The number of morpholine rings is 1. The summed E-state index contributed by atoms with van der Waals surface area (Å²) in [5, 5.41) is 8.80. The van der Waals surface area contributed by atoms with Crippen molar-refractivity contribution in [3.8, 4) is 6.07 Å². The van der Waals surface area contributed by atoms with Gasteiger partial charge in [0.1, 0.15) is 0 Å². The second-order valence-electron chi connectivity index (χ2n) is 7.00. The Balaban J connectivity index is 1.66. The SMILES string of the molecule is C[C@@H]1CN(CCC2CCN([C@H](C)CC#N)CC2)C[C@H](C)O1. The monoisotopic (exact) mass is 293 g/mol. The minimum atomic E-state index is 0.377. The van der Waals surface area contributed by atoms with E-state index in [9.17, 15) is 0 Å². The second-order valence-corrected chi connectivity index (χ2v) is 7.00. The Bertz CT molecular complexity index is 336. The maximum atomic E-state index is 8.80. The van der Waals surface area contributed by atoms with Gasteiger partial charge in [0.05, 0.1) is 24.7 Å². The molecular formula is C17H31N3O. The smallest absolute Gasteiger partial charge is 0.0678 e. The zero-order valence-corrected chi connectivity index (χ0v) is 13.9. The van der Waals surface area contributed by atoms with Crippen molar-refractivity contribution in [1.29, 1.82) is 5.26 Å². The highest BCUT2D eigenvalue weighted by Gasteiger charge is 2.25. The van der Waals surface area contributed by atoms with Gasteiger partial charge in [-0.25, -0.2) is 0 Å². The van der Waals surface area contributed by atoms with Gasteiger partial charge in [0.25, 0.3) is 0 Å². The molecule has 2 fully saturated rings. The predicted molar refractivity (Wildman–Crippen MR) is 85.1 cm³/mol. The number of rotatable bonds is 5. The van der Waals surface area contributed by atoms with Gasteiger partial charge in [-0.05, 0) is 65.6 Å². The van der Waals surface area contributed by atoms with Gasteiger partial charge in [0.15, 0.2) is 0 Å². The third kappa shape index (κ3) is 5.25. The lowest BCUT2D eigenvalue weighted by atomic mass is 9.92. The highest BCUT2D eigenvalue weighted by Crippen LogP contribution is 2.23. The molecule has 0 aromatic carbocycles. The molecule has 120 valence electrons. The molecule has 3 atom stereocenters. The van der Waals surface area contributed by atoms with Crippen LogP contribution in [0, 0.1) is 17.2 Å². The number of hydrogen-bond donors (Lipinski definition) is 0. The fourth-order valence-corrected chi connectivity index (χ4v) is 3.78. The zero-order chi connectivity index (χ0) is 15.2. The number of ether oxygens (including phenoxy) is 1. The molecule has 2 rings (SSSR count). The zero-order valence-electron chi connectivity index (χ0n) is 13.9. The van der Waals surface area contributed by atoms with E-state index in [1.54, 1.807) is 0 Å². The first-order chi connectivity index (χ1) is 10.1. The van der Waals surface area contributed by atoms with E-state index in [1.165, 1.54) is 38.9 Å². The molecule has 2 heterocycles. The Kier molecular flexibility index (Phi) is 6.47. The van der Waals surface area contributed by atoms with Crippen molar-refractivity contribution in [2.24, 2.45) is 5.92 Å². The van der Waals surface area contributed by atoms with Crippen LogP contribution in [0.1, 0.15) is 46.5 Å². The molecule has 2 saturated heterocycles. The summed E-state index contributed by atoms with van der Waals surface area (Å²) in [5.41, 5.74) is 0. The molecule has 0 unspecified atom stereocenters. The molecule has 2 aliphatic rings. The van der Waals surface area contributed by atoms with Crippen LogP contribution in [0.4, 0.5) is 0 Å². The number of nitriles is 1. The average Bonchev–Trinajstić information content (AvgIpc) is 2.45. The Hall–Kier alpha value is -0.630. The van der Waals surface area contributed by atoms with Gasteiger partial charge in [-0.2, -0.15) is 5.26 Å². The van der Waals surface area contributed by atoms with E-state index in [1.807, 2.05) is 0 Å². The van der Waals surface area contributed by atoms with Gasteiger partial charge in [-0.3, -0.25) is 9.80 Å². The number of nitrogens with zero attached hydrogens (tertiary/aromatic N) is 3. The van der Waals surface area contributed by atoms with Gasteiger partial charge in [0, 0.05) is 19.1 Å². The minimum Gasteiger partial charge on any atom is -0.373 e. The first-order valence-electron chi connectivity index (χ1n) is 8.57. The lowest BCUT2D eigenvalue weighted by Crippen LogP contribution is -2.46. The Labute approximate surface area is 130 Å². The predicted octanol–water partition coefficient (Wildman–Crippen LogP) is 2.50. The molecule has 4 nitrogen and oxygen atoms in total. The maximum absolute atomic E-state index is 8.80. The standard InChI is InChI=1S/C17H31N3O/c1-14(4-8-18)20-10-6-17(7-11-20)5-9-19-12-15(2)21-16(3)13-19/h14-17H,4-7,9-13H2,1-3H3/t14-,15-,16+/m1/s1. The number of likely N-dealkylation sites (tertiary alicyclic amines) is 1. The van der Waals surface area contributed by atoms with Crippen LogP contribution in [0.15, 0.2) is 0 Å². The van der Waals surface area contributed by atoms with Crippen LogP contribution in [0.25, 0.3) is 0 Å². The highest BCUT2D eigenvalue weighted by atomic mass is 16.5. The third-order valence-electron chi connectivity index (χ3n) is 5.01. The van der Waals surface area contributed by atoms with Crippen LogP contribution in [-0.4, -0.2) is 60.8 Å². The normalized spacial score (nSPS) is 31.0. The lowest BCUT2D eigenvalue weighted by molar-refractivity contribution is -0.0694. The molecule has 21 heavy (non-hydrogen) atoms. The van der Waals surface area contributed by atoms with Crippen LogP contribution in [0.5, 0.6) is 0 Å². The lowest BCUT2D eigenvalue weighted by Gasteiger charge is -2.38. The van der Waals surface area contributed by atoms with Crippen LogP contribution in [0.2, 0.25) is 0 Å². The van der Waals surface area contributed by atoms with Crippen molar-refractivity contribution in [2.75, 3.05) is 32.7 Å². The Morgan fingerprint density at radius 1 is 1.19 bits per heavy atom. The largest absolute Gasteiger partial charge is 0.373 e. The summed E-state index contributed by atoms with van der Waals surface area (Å²) >= 11 is 0. The summed E-state index contributed by atoms with van der Waals surface area (Å²) in [6.45, 7) is 12.3. The average molecular weight is 293 g/mol. The molecular weight excluding hydrogens is 262 g/mol. The van der Waals surface area contributed by atoms with E-state index in [-0.39, 0.29) is 0 Å². The van der Waals surface area contributed by atoms with E-state index < -0.39 is 0 Å². The summed E-state index contributed by atoms with van der Waals surface area (Å²) < 4.78 is 5.80. The van der Waals surface area contributed by atoms with Gasteiger partial charge in [0.2, 0.25) is 0 Å². The third-order valence-corrected chi connectivity index (χ3v) is 5.01. The summed E-state index contributed by atoms with van der Waals surface area (Å²) in [4.78, 5) is 5.06. The minimum absolute atomic E-state index is 0.377. The molecule has 0 N–H and O–H groups in total. The molecule has 0 bridgehead atoms. The molecule has 0 aliphatic carbocycles. The Morgan fingerprint density at radius 3 is 2.38 bits per heavy atom. The molecule has 4 heteroatoms. The van der Waals surface area contributed by atoms with Crippen LogP contribution >= 0.6 is 0 Å². The summed E-state index contributed by atoms with van der Waals surface area (Å²) in [5.74, 6) is 0.865. The van der Waals surface area contributed by atoms with Crippen molar-refractivity contribution < 1.29 is 4.74 Å². The fraction of sp³-hybridized carbons (Fsp3) is 0.941. The van der Waals surface area contributed by atoms with Crippen molar-refractivity contribution in [2.45, 2.75) is 64.7 Å². The van der Waals surface area contributed by atoms with E-state index in [2.05, 4.69) is 36.6 Å². The van der Waals surface area contributed by atoms with Gasteiger partial charge in [-0.1, -0.05) is 0 Å². The molecule has 0 aromatic rings. The summed E-state index contributed by atoms with van der Waals surface area (Å²) in [7, 11) is 0. The quantitative estimate of drug-likeness (QED) is 0.781. The summed E-state index contributed by atoms with van der Waals surface area (Å²) in [6.07, 6.45) is 5.33. The van der Waals surface area contributed by atoms with Gasteiger partial charge in [-0.15, -0.1) is 0 Å². The van der Waals surface area contributed by atoms with Crippen molar-refractivity contribution >= 4 is 0 Å². The Morgan fingerprint density at radius 2 is 1.81 bits per heavy atom. The number of piperidine rings is 1. The number of hydrogen-bond acceptors (Lipinski definition) is 4. The van der Waals surface area contributed by atoms with Crippen LogP contribution in [-0.2, 0) is 4.74 Å². The van der Waals surface area contributed by atoms with E-state index in [0.717, 1.165) is 19.0 Å². The van der Waals surface area contributed by atoms with Gasteiger partial charge < -0.3 is 4.74 Å². The van der Waals surface area contributed by atoms with E-state index >= 15 is 0 Å². The molecule has 0 amide bonds. The van der Waals surface area contributed by atoms with Crippen molar-refractivity contribution in [3.05, 3.63) is 0 Å². The molecule has 2 aliphatic heterocycles. The van der Waals surface area contributed by atoms with Crippen molar-refractivity contribution in [1.82, 2.24) is 9.80 Å².